The first-order valence-corrected chi connectivity index (χ1v) is 9.46. The monoisotopic (exact) mass is 372 g/mol. The number of carbonyl (C=O) groups is 3. The van der Waals surface area contributed by atoms with Crippen LogP contribution in [0.3, 0.4) is 0 Å². The summed E-state index contributed by atoms with van der Waals surface area (Å²) < 4.78 is 0. The van der Waals surface area contributed by atoms with Crippen molar-refractivity contribution in [3.63, 3.8) is 0 Å². The molecule has 0 aromatic heterocycles. The molecule has 4 N–H and O–H groups in total. The number of amides is 3. The zero-order valence-corrected chi connectivity index (χ0v) is 16.2. The predicted molar refractivity (Wildman–Crippen MR) is 102 cm³/mol. The molecule has 1 fully saturated rings. The zero-order valence-electron chi connectivity index (χ0n) is 16.2. The summed E-state index contributed by atoms with van der Waals surface area (Å²) in [5.41, 5.74) is 8.40. The number of hydrogen-bond acceptors (Lipinski definition) is 5. The molecule has 7 nitrogen and oxygen atoms in total. The number of nitrogens with two attached hydrogens (primary N) is 1. The lowest BCUT2D eigenvalue weighted by Gasteiger charge is -2.34. The van der Waals surface area contributed by atoms with Gasteiger partial charge in [-0.15, -0.1) is 0 Å². The maximum absolute atomic E-state index is 12.7. The van der Waals surface area contributed by atoms with Gasteiger partial charge in [-0.25, -0.2) is 0 Å². The van der Waals surface area contributed by atoms with Gasteiger partial charge in [-0.05, 0) is 36.5 Å². The van der Waals surface area contributed by atoms with E-state index in [0.717, 1.165) is 11.1 Å². The average Bonchev–Trinajstić information content (AvgIpc) is 2.95. The molecule has 146 valence electrons. The van der Waals surface area contributed by atoms with Gasteiger partial charge >= 0.3 is 0 Å². The van der Waals surface area contributed by atoms with E-state index in [2.05, 4.69) is 31.4 Å². The molecule has 1 aromatic rings. The number of benzene rings is 1. The fourth-order valence-corrected chi connectivity index (χ4v) is 3.55. The standard InChI is InChI=1S/C20H28N4O3/c1-12(2)20(3,11-21)22-9-13-4-5-15-14(8-13)10-24(19(15)27)16-6-7-17(25)23-18(16)26/h4-5,8,12,16,22H,6-7,9-11,21H2,1-3H3,(H,23,25,26). The van der Waals surface area contributed by atoms with Crippen molar-refractivity contribution in [1.29, 1.82) is 0 Å². The smallest absolute Gasteiger partial charge is 0.255 e. The van der Waals surface area contributed by atoms with Crippen molar-refractivity contribution in [3.05, 3.63) is 34.9 Å². The van der Waals surface area contributed by atoms with Crippen molar-refractivity contribution in [3.8, 4) is 0 Å². The molecule has 2 atom stereocenters. The minimum atomic E-state index is -0.578. The zero-order chi connectivity index (χ0) is 19.8. The summed E-state index contributed by atoms with van der Waals surface area (Å²) in [4.78, 5) is 37.8. The molecular weight excluding hydrogens is 344 g/mol. The van der Waals surface area contributed by atoms with E-state index in [4.69, 9.17) is 5.73 Å². The Hall–Kier alpha value is -2.25. The third-order valence-electron chi connectivity index (χ3n) is 5.98. The molecule has 3 rings (SSSR count). The molecule has 0 bridgehead atoms. The van der Waals surface area contributed by atoms with Crippen molar-refractivity contribution in [1.82, 2.24) is 15.5 Å². The van der Waals surface area contributed by atoms with E-state index in [1.807, 2.05) is 18.2 Å². The summed E-state index contributed by atoms with van der Waals surface area (Å²) in [7, 11) is 0. The maximum Gasteiger partial charge on any atom is 0.255 e. The van der Waals surface area contributed by atoms with Crippen molar-refractivity contribution in [2.75, 3.05) is 6.54 Å². The minimum absolute atomic E-state index is 0.145. The molecule has 3 amide bonds. The first kappa shape index (κ1) is 19.5. The Bertz CT molecular complexity index is 776. The van der Waals surface area contributed by atoms with Crippen LogP contribution in [0.4, 0.5) is 0 Å². The van der Waals surface area contributed by atoms with Gasteiger partial charge in [0.25, 0.3) is 5.91 Å². The lowest BCUT2D eigenvalue weighted by atomic mass is 9.88. The lowest BCUT2D eigenvalue weighted by Crippen LogP contribution is -2.52. The van der Waals surface area contributed by atoms with Gasteiger partial charge in [-0.3, -0.25) is 19.7 Å². The molecule has 0 aliphatic carbocycles. The highest BCUT2D eigenvalue weighted by atomic mass is 16.2. The number of hydrogen-bond donors (Lipinski definition) is 3. The molecule has 0 radical (unpaired) electrons. The summed E-state index contributed by atoms with van der Waals surface area (Å²) in [6, 6.07) is 5.21. The third-order valence-corrected chi connectivity index (χ3v) is 5.98. The van der Waals surface area contributed by atoms with Gasteiger partial charge in [0.1, 0.15) is 6.04 Å². The molecule has 0 saturated carbocycles. The Morgan fingerprint density at radius 3 is 2.70 bits per heavy atom. The maximum atomic E-state index is 12.7. The van der Waals surface area contributed by atoms with Crippen LogP contribution in [0.1, 0.15) is 55.1 Å². The molecule has 7 heteroatoms. The highest BCUT2D eigenvalue weighted by Crippen LogP contribution is 2.28. The molecular formula is C20H28N4O3. The molecule has 1 saturated heterocycles. The molecule has 0 spiro atoms. The first-order valence-electron chi connectivity index (χ1n) is 9.46. The highest BCUT2D eigenvalue weighted by Gasteiger charge is 2.39. The van der Waals surface area contributed by atoms with Gasteiger partial charge in [-0.2, -0.15) is 0 Å². The Morgan fingerprint density at radius 2 is 2.07 bits per heavy atom. The van der Waals surface area contributed by atoms with Gasteiger partial charge in [0.05, 0.1) is 0 Å². The predicted octanol–water partition coefficient (Wildman–Crippen LogP) is 0.911. The Balaban J connectivity index is 1.72. The fraction of sp³-hybridized carbons (Fsp3) is 0.550. The fourth-order valence-electron chi connectivity index (χ4n) is 3.55. The van der Waals surface area contributed by atoms with Gasteiger partial charge in [-0.1, -0.05) is 26.0 Å². The molecule has 27 heavy (non-hydrogen) atoms. The minimum Gasteiger partial charge on any atom is -0.329 e. The highest BCUT2D eigenvalue weighted by molar-refractivity contribution is 6.05. The van der Waals surface area contributed by atoms with E-state index in [1.165, 1.54) is 0 Å². The Morgan fingerprint density at radius 1 is 1.33 bits per heavy atom. The molecule has 1 aromatic carbocycles. The molecule has 2 aliphatic heterocycles. The van der Waals surface area contributed by atoms with E-state index < -0.39 is 6.04 Å². The normalized spacial score (nSPS) is 22.0. The van der Waals surface area contributed by atoms with Crippen LogP contribution >= 0.6 is 0 Å². The second kappa shape index (κ2) is 7.40. The van der Waals surface area contributed by atoms with Crippen LogP contribution in [0.2, 0.25) is 0 Å². The largest absolute Gasteiger partial charge is 0.329 e. The second-order valence-corrected chi connectivity index (χ2v) is 8.02. The van der Waals surface area contributed by atoms with Crippen LogP contribution < -0.4 is 16.4 Å². The number of piperidine rings is 1. The topological polar surface area (TPSA) is 105 Å². The van der Waals surface area contributed by atoms with Crippen LogP contribution in [0.15, 0.2) is 18.2 Å². The van der Waals surface area contributed by atoms with E-state index in [0.29, 0.717) is 37.5 Å². The summed E-state index contributed by atoms with van der Waals surface area (Å²) in [5, 5.41) is 5.85. The summed E-state index contributed by atoms with van der Waals surface area (Å²) in [6.45, 7) is 7.98. The summed E-state index contributed by atoms with van der Waals surface area (Å²) in [5.74, 6) is -0.415. The van der Waals surface area contributed by atoms with Gasteiger partial charge < -0.3 is 16.0 Å². The van der Waals surface area contributed by atoms with Crippen molar-refractivity contribution < 1.29 is 14.4 Å². The number of rotatable bonds is 6. The number of carbonyl (C=O) groups excluding carboxylic acids is 3. The van der Waals surface area contributed by atoms with Crippen LogP contribution in [-0.2, 0) is 22.7 Å². The number of imide groups is 1. The van der Waals surface area contributed by atoms with Crippen LogP contribution in [0.25, 0.3) is 0 Å². The van der Waals surface area contributed by atoms with E-state index in [1.54, 1.807) is 4.90 Å². The molecule has 2 aliphatic rings. The van der Waals surface area contributed by atoms with Crippen LogP contribution in [-0.4, -0.2) is 40.7 Å². The van der Waals surface area contributed by atoms with E-state index in [9.17, 15) is 14.4 Å². The second-order valence-electron chi connectivity index (χ2n) is 8.02. The summed E-state index contributed by atoms with van der Waals surface area (Å²) in [6.07, 6.45) is 0.640. The average molecular weight is 372 g/mol. The van der Waals surface area contributed by atoms with Crippen molar-refractivity contribution >= 4 is 17.7 Å². The number of fused-ring (bicyclic) bond motifs is 1. The van der Waals surface area contributed by atoms with Crippen molar-refractivity contribution in [2.45, 2.75) is 58.3 Å². The van der Waals surface area contributed by atoms with Crippen LogP contribution in [0, 0.1) is 5.92 Å². The third kappa shape index (κ3) is 3.75. The Kier molecular flexibility index (Phi) is 5.35. The van der Waals surface area contributed by atoms with E-state index in [-0.39, 0.29) is 29.7 Å². The number of nitrogens with zero attached hydrogens (tertiary/aromatic N) is 1. The van der Waals surface area contributed by atoms with Gasteiger partial charge in [0.15, 0.2) is 0 Å². The summed E-state index contributed by atoms with van der Waals surface area (Å²) >= 11 is 0. The van der Waals surface area contributed by atoms with Gasteiger partial charge in [0, 0.05) is 37.2 Å². The SMILES string of the molecule is CC(C)C(C)(CN)NCc1ccc2c(c1)CN(C1CCC(=O)NC1=O)C2=O. The van der Waals surface area contributed by atoms with Gasteiger partial charge in [0.2, 0.25) is 11.8 Å². The Labute approximate surface area is 159 Å². The number of nitrogens with one attached hydrogen (secondary N) is 2. The lowest BCUT2D eigenvalue weighted by molar-refractivity contribution is -0.136. The van der Waals surface area contributed by atoms with E-state index >= 15 is 0 Å². The van der Waals surface area contributed by atoms with Crippen molar-refractivity contribution in [2.24, 2.45) is 11.7 Å². The molecule has 2 heterocycles. The molecule has 2 unspecified atom stereocenters. The quantitative estimate of drug-likeness (QED) is 0.644. The first-order chi connectivity index (χ1) is 12.7. The van der Waals surface area contributed by atoms with Crippen LogP contribution in [0.5, 0.6) is 0 Å².